The molecule has 0 radical (unpaired) electrons. The molecule has 1 atom stereocenters. The summed E-state index contributed by atoms with van der Waals surface area (Å²) in [5.74, 6) is -1.19. The highest BCUT2D eigenvalue weighted by Gasteiger charge is 2.22. The summed E-state index contributed by atoms with van der Waals surface area (Å²) in [5.41, 5.74) is -0.0470. The van der Waals surface area contributed by atoms with E-state index in [1.807, 2.05) is 0 Å². The van der Waals surface area contributed by atoms with Crippen molar-refractivity contribution in [3.8, 4) is 0 Å². The molecule has 0 heterocycles. The lowest BCUT2D eigenvalue weighted by Crippen LogP contribution is -2.35. The molecule has 0 aromatic heterocycles. The minimum atomic E-state index is -0.663. The minimum Gasteiger partial charge on any atom is -0.394 e. The molecule has 1 aromatic rings. The molecule has 1 fully saturated rings. The summed E-state index contributed by atoms with van der Waals surface area (Å²) in [6.45, 7) is -0.297. The van der Waals surface area contributed by atoms with Gasteiger partial charge in [0.15, 0.2) is 0 Å². The van der Waals surface area contributed by atoms with E-state index in [0.717, 1.165) is 25.7 Å². The molecule has 1 aliphatic carbocycles. The van der Waals surface area contributed by atoms with Gasteiger partial charge < -0.3 is 10.4 Å². The van der Waals surface area contributed by atoms with Crippen LogP contribution >= 0.6 is 0 Å². The number of aliphatic hydroxyl groups excluding tert-OH is 1. The lowest BCUT2D eigenvalue weighted by molar-refractivity contribution is 0.222. The van der Waals surface area contributed by atoms with Gasteiger partial charge in [0, 0.05) is 11.6 Å². The maximum Gasteiger partial charge on any atom is 0.131 e. The van der Waals surface area contributed by atoms with Gasteiger partial charge in [0.25, 0.3) is 0 Å². The van der Waals surface area contributed by atoms with Crippen LogP contribution in [-0.2, 0) is 0 Å². The molecule has 1 saturated carbocycles. The Labute approximate surface area is 112 Å². The highest BCUT2D eigenvalue weighted by Crippen LogP contribution is 2.24. The van der Waals surface area contributed by atoms with Crippen molar-refractivity contribution < 1.29 is 13.9 Å². The van der Waals surface area contributed by atoms with E-state index in [2.05, 4.69) is 5.32 Å². The maximum absolute atomic E-state index is 13.7. The largest absolute Gasteiger partial charge is 0.394 e. The molecule has 106 valence electrons. The van der Waals surface area contributed by atoms with Crippen LogP contribution in [0.25, 0.3) is 0 Å². The first kappa shape index (κ1) is 14.4. The van der Waals surface area contributed by atoms with Crippen LogP contribution in [0, 0.1) is 11.6 Å². The summed E-state index contributed by atoms with van der Waals surface area (Å²) in [6.07, 6.45) is 6.72. The molecule has 19 heavy (non-hydrogen) atoms. The van der Waals surface area contributed by atoms with Gasteiger partial charge in [0.05, 0.1) is 12.6 Å². The molecule has 0 spiro atoms. The average Bonchev–Trinajstić information content (AvgIpc) is 2.65. The lowest BCUT2D eigenvalue weighted by Gasteiger charge is -2.24. The van der Waals surface area contributed by atoms with E-state index in [4.69, 9.17) is 0 Å². The van der Waals surface area contributed by atoms with E-state index in [1.54, 1.807) is 0 Å². The molecule has 4 heteroatoms. The summed E-state index contributed by atoms with van der Waals surface area (Å²) >= 11 is 0. The van der Waals surface area contributed by atoms with E-state index < -0.39 is 17.7 Å². The van der Waals surface area contributed by atoms with E-state index in [9.17, 15) is 13.9 Å². The third-order valence-electron chi connectivity index (χ3n) is 3.82. The molecule has 0 aliphatic heterocycles. The summed E-state index contributed by atoms with van der Waals surface area (Å²) in [5, 5.41) is 12.6. The summed E-state index contributed by atoms with van der Waals surface area (Å²) in [7, 11) is 0. The minimum absolute atomic E-state index is 0.0470. The first-order chi connectivity index (χ1) is 9.22. The zero-order chi connectivity index (χ0) is 13.7. The van der Waals surface area contributed by atoms with Crippen LogP contribution in [0.1, 0.15) is 50.1 Å². The Kier molecular flexibility index (Phi) is 5.28. The Balaban J connectivity index is 2.10. The summed E-state index contributed by atoms with van der Waals surface area (Å²) in [4.78, 5) is 0. The zero-order valence-corrected chi connectivity index (χ0v) is 11.0. The van der Waals surface area contributed by atoms with Crippen LogP contribution in [0.4, 0.5) is 8.78 Å². The monoisotopic (exact) mass is 269 g/mol. The Morgan fingerprint density at radius 2 is 1.68 bits per heavy atom. The average molecular weight is 269 g/mol. The fraction of sp³-hybridized carbons (Fsp3) is 0.600. The van der Waals surface area contributed by atoms with E-state index in [0.29, 0.717) is 0 Å². The predicted octanol–water partition coefficient (Wildman–Crippen LogP) is 3.31. The number of hydrogen-bond donors (Lipinski definition) is 2. The molecule has 1 aromatic carbocycles. The number of rotatable bonds is 4. The third-order valence-corrected chi connectivity index (χ3v) is 3.82. The molecule has 2 rings (SSSR count). The highest BCUT2D eigenvalue weighted by atomic mass is 19.1. The molecular weight excluding hydrogens is 248 g/mol. The Hall–Kier alpha value is -1.00. The van der Waals surface area contributed by atoms with Gasteiger partial charge in [-0.05, 0) is 25.0 Å². The molecule has 0 amide bonds. The van der Waals surface area contributed by atoms with Crippen molar-refractivity contribution in [2.45, 2.75) is 50.6 Å². The van der Waals surface area contributed by atoms with Gasteiger partial charge in [-0.25, -0.2) is 8.78 Å². The molecular formula is C15H21F2NO. The van der Waals surface area contributed by atoms with Gasteiger partial charge in [-0.3, -0.25) is 0 Å². The SMILES string of the molecule is OCC(NC1CCCCCC1)c1c(F)cccc1F. The first-order valence-electron chi connectivity index (χ1n) is 7.03. The first-order valence-corrected chi connectivity index (χ1v) is 7.03. The Bertz CT molecular complexity index is 383. The fourth-order valence-electron chi connectivity index (χ4n) is 2.80. The van der Waals surface area contributed by atoms with Crippen molar-refractivity contribution in [3.05, 3.63) is 35.4 Å². The second kappa shape index (κ2) is 6.96. The molecule has 0 bridgehead atoms. The van der Waals surface area contributed by atoms with Crippen LogP contribution in [0.15, 0.2) is 18.2 Å². The topological polar surface area (TPSA) is 32.3 Å². The molecule has 1 aliphatic rings. The van der Waals surface area contributed by atoms with E-state index >= 15 is 0 Å². The molecule has 2 N–H and O–H groups in total. The summed E-state index contributed by atoms with van der Waals surface area (Å²) in [6, 6.07) is 3.38. The zero-order valence-electron chi connectivity index (χ0n) is 11.0. The number of hydrogen-bond acceptors (Lipinski definition) is 2. The van der Waals surface area contributed by atoms with Crippen molar-refractivity contribution in [1.82, 2.24) is 5.32 Å². The van der Waals surface area contributed by atoms with Gasteiger partial charge >= 0.3 is 0 Å². The van der Waals surface area contributed by atoms with Gasteiger partial charge in [0.2, 0.25) is 0 Å². The highest BCUT2D eigenvalue weighted by molar-refractivity contribution is 5.23. The fourth-order valence-corrected chi connectivity index (χ4v) is 2.80. The third kappa shape index (κ3) is 3.74. The Morgan fingerprint density at radius 1 is 1.11 bits per heavy atom. The molecule has 2 nitrogen and oxygen atoms in total. The van der Waals surface area contributed by atoms with Crippen LogP contribution in [0.3, 0.4) is 0 Å². The van der Waals surface area contributed by atoms with Crippen molar-refractivity contribution in [2.75, 3.05) is 6.61 Å². The summed E-state index contributed by atoms with van der Waals surface area (Å²) < 4.78 is 27.5. The number of benzene rings is 1. The van der Waals surface area contributed by atoms with Crippen LogP contribution < -0.4 is 5.32 Å². The van der Waals surface area contributed by atoms with E-state index in [1.165, 1.54) is 31.0 Å². The lowest BCUT2D eigenvalue weighted by atomic mass is 10.0. The molecule has 1 unspecified atom stereocenters. The predicted molar refractivity (Wildman–Crippen MR) is 70.8 cm³/mol. The number of halogens is 2. The standard InChI is InChI=1S/C15H21F2NO/c16-12-8-5-9-13(17)15(12)14(10-19)18-11-6-3-1-2-4-7-11/h5,8-9,11,14,18-19H,1-4,6-7,10H2. The molecule has 0 saturated heterocycles. The second-order valence-electron chi connectivity index (χ2n) is 5.23. The van der Waals surface area contributed by atoms with Gasteiger partial charge in [-0.2, -0.15) is 0 Å². The quantitative estimate of drug-likeness (QED) is 0.822. The van der Waals surface area contributed by atoms with Gasteiger partial charge in [0.1, 0.15) is 11.6 Å². The van der Waals surface area contributed by atoms with Crippen LogP contribution in [-0.4, -0.2) is 17.8 Å². The van der Waals surface area contributed by atoms with Gasteiger partial charge in [-0.1, -0.05) is 31.7 Å². The Morgan fingerprint density at radius 3 is 2.21 bits per heavy atom. The smallest absolute Gasteiger partial charge is 0.131 e. The maximum atomic E-state index is 13.7. The van der Waals surface area contributed by atoms with Crippen molar-refractivity contribution >= 4 is 0 Å². The van der Waals surface area contributed by atoms with Crippen molar-refractivity contribution in [3.63, 3.8) is 0 Å². The van der Waals surface area contributed by atoms with E-state index in [-0.39, 0.29) is 18.2 Å². The van der Waals surface area contributed by atoms with Crippen molar-refractivity contribution in [2.24, 2.45) is 0 Å². The van der Waals surface area contributed by atoms with Crippen LogP contribution in [0.2, 0.25) is 0 Å². The number of aliphatic hydroxyl groups is 1. The second-order valence-corrected chi connectivity index (χ2v) is 5.23. The number of nitrogens with one attached hydrogen (secondary N) is 1. The van der Waals surface area contributed by atoms with Gasteiger partial charge in [-0.15, -0.1) is 0 Å². The van der Waals surface area contributed by atoms with Crippen molar-refractivity contribution in [1.29, 1.82) is 0 Å². The normalized spacial score (nSPS) is 19.1. The van der Waals surface area contributed by atoms with Crippen LogP contribution in [0.5, 0.6) is 0 Å².